The molecule has 2 aromatic carbocycles. The van der Waals surface area contributed by atoms with E-state index in [0.717, 1.165) is 21.7 Å². The number of carbonyl (C=O) groups excluding carboxylic acids is 3. The number of halogens is 1. The molecule has 2 aliphatic rings. The zero-order chi connectivity index (χ0) is 23.7. The van der Waals surface area contributed by atoms with Gasteiger partial charge in [-0.2, -0.15) is 5.06 Å². The minimum Gasteiger partial charge on any atom is -0.378 e. The molecule has 1 N–H and O–H groups in total. The number of benzene rings is 2. The van der Waals surface area contributed by atoms with Crippen LogP contribution in [0.2, 0.25) is 0 Å². The van der Waals surface area contributed by atoms with Crippen molar-refractivity contribution in [3.05, 3.63) is 65.5 Å². The molecule has 2 fully saturated rings. The summed E-state index contributed by atoms with van der Waals surface area (Å²) in [6.45, 7) is 0.245. The molecule has 8 nitrogen and oxygen atoms in total. The summed E-state index contributed by atoms with van der Waals surface area (Å²) in [7, 11) is 5.31. The van der Waals surface area contributed by atoms with Crippen LogP contribution >= 0.6 is 0 Å². The summed E-state index contributed by atoms with van der Waals surface area (Å²) in [4.78, 5) is 46.8. The molecule has 3 amide bonds. The Morgan fingerprint density at radius 1 is 1.06 bits per heavy atom. The topological polar surface area (TPSA) is 82.2 Å². The summed E-state index contributed by atoms with van der Waals surface area (Å²) in [6, 6.07) is 13.2. The average Bonchev–Trinajstić information content (AvgIpc) is 3.26. The highest BCUT2D eigenvalue weighted by Crippen LogP contribution is 2.44. The predicted molar refractivity (Wildman–Crippen MR) is 119 cm³/mol. The standard InChI is InChI=1S/C24H27FN4O4/c1-27(2)18-10-6-16(7-11-18)21-20-22(24(32)28(3)23(20)31)33-29(21)14-19(30)26-13-12-15-4-8-17(25)9-5-15/h4-11,20-22H,12-14H2,1-3H3,(H,26,30). The highest BCUT2D eigenvalue weighted by atomic mass is 19.1. The quantitative estimate of drug-likeness (QED) is 0.639. The van der Waals surface area contributed by atoms with Gasteiger partial charge in [-0.15, -0.1) is 0 Å². The van der Waals surface area contributed by atoms with Crippen molar-refractivity contribution < 1.29 is 23.6 Å². The zero-order valence-electron chi connectivity index (χ0n) is 18.8. The lowest BCUT2D eigenvalue weighted by Crippen LogP contribution is -2.40. The largest absolute Gasteiger partial charge is 0.378 e. The number of nitrogens with zero attached hydrogens (tertiary/aromatic N) is 3. The van der Waals surface area contributed by atoms with Crippen LogP contribution in [0.4, 0.5) is 10.1 Å². The van der Waals surface area contributed by atoms with Crippen molar-refractivity contribution in [1.29, 1.82) is 0 Å². The van der Waals surface area contributed by atoms with Crippen molar-refractivity contribution in [3.8, 4) is 0 Å². The SMILES string of the molecule is CN1C(=O)C2ON(CC(=O)NCCc3ccc(F)cc3)C(c3ccc(N(C)C)cc3)C2C1=O. The number of rotatable bonds is 7. The van der Waals surface area contributed by atoms with E-state index >= 15 is 0 Å². The van der Waals surface area contributed by atoms with Crippen LogP contribution in [-0.2, 0) is 25.6 Å². The van der Waals surface area contributed by atoms with Gasteiger partial charge in [-0.3, -0.25) is 24.1 Å². The van der Waals surface area contributed by atoms with Gasteiger partial charge < -0.3 is 10.2 Å². The summed E-state index contributed by atoms with van der Waals surface area (Å²) in [5.41, 5.74) is 2.69. The summed E-state index contributed by atoms with van der Waals surface area (Å²) >= 11 is 0. The molecular weight excluding hydrogens is 427 g/mol. The lowest BCUT2D eigenvalue weighted by atomic mass is 9.90. The van der Waals surface area contributed by atoms with Crippen LogP contribution in [0.5, 0.6) is 0 Å². The number of hydroxylamine groups is 2. The number of anilines is 1. The number of likely N-dealkylation sites (N-methyl/N-ethyl adjacent to an activating group) is 1. The predicted octanol–water partition coefficient (Wildman–Crippen LogP) is 1.52. The van der Waals surface area contributed by atoms with Crippen molar-refractivity contribution in [2.24, 2.45) is 5.92 Å². The molecule has 4 rings (SSSR count). The second kappa shape index (κ2) is 9.29. The second-order valence-electron chi connectivity index (χ2n) is 8.52. The first-order valence-electron chi connectivity index (χ1n) is 10.8. The van der Waals surface area contributed by atoms with E-state index in [2.05, 4.69) is 5.32 Å². The maximum absolute atomic E-state index is 13.0. The minimum absolute atomic E-state index is 0.124. The van der Waals surface area contributed by atoms with Crippen LogP contribution in [0.15, 0.2) is 48.5 Å². The van der Waals surface area contributed by atoms with Gasteiger partial charge in [0.05, 0.1) is 12.0 Å². The number of fused-ring (bicyclic) bond motifs is 1. The number of hydrogen-bond acceptors (Lipinski definition) is 6. The monoisotopic (exact) mass is 454 g/mol. The van der Waals surface area contributed by atoms with Crippen molar-refractivity contribution in [1.82, 2.24) is 15.3 Å². The average molecular weight is 455 g/mol. The first kappa shape index (κ1) is 22.9. The summed E-state index contributed by atoms with van der Waals surface area (Å²) in [6.07, 6.45) is -0.386. The second-order valence-corrected chi connectivity index (χ2v) is 8.52. The number of likely N-dealkylation sites (tertiary alicyclic amines) is 1. The Bertz CT molecular complexity index is 1040. The van der Waals surface area contributed by atoms with Gasteiger partial charge in [-0.05, 0) is 41.8 Å². The molecule has 0 bridgehead atoms. The molecule has 3 atom stereocenters. The third-order valence-electron chi connectivity index (χ3n) is 6.11. The van der Waals surface area contributed by atoms with E-state index in [-0.39, 0.29) is 24.2 Å². The zero-order valence-corrected chi connectivity index (χ0v) is 18.8. The van der Waals surface area contributed by atoms with Crippen molar-refractivity contribution >= 4 is 23.4 Å². The van der Waals surface area contributed by atoms with E-state index in [9.17, 15) is 18.8 Å². The van der Waals surface area contributed by atoms with E-state index in [4.69, 9.17) is 4.84 Å². The maximum atomic E-state index is 13.0. The Kier molecular flexibility index (Phi) is 6.44. The van der Waals surface area contributed by atoms with Crippen LogP contribution in [0.3, 0.4) is 0 Å². The van der Waals surface area contributed by atoms with Crippen LogP contribution in [0.25, 0.3) is 0 Å². The maximum Gasteiger partial charge on any atom is 0.261 e. The number of imide groups is 1. The van der Waals surface area contributed by atoms with Gasteiger partial charge in [0.15, 0.2) is 6.10 Å². The molecular formula is C24H27FN4O4. The number of amides is 3. The molecule has 0 aromatic heterocycles. The van der Waals surface area contributed by atoms with E-state index in [1.54, 1.807) is 12.1 Å². The molecule has 2 aliphatic heterocycles. The third-order valence-corrected chi connectivity index (χ3v) is 6.11. The Hall–Kier alpha value is -3.30. The van der Waals surface area contributed by atoms with Gasteiger partial charge in [0.25, 0.3) is 5.91 Å². The number of nitrogens with one attached hydrogen (secondary N) is 1. The lowest BCUT2D eigenvalue weighted by Gasteiger charge is -2.26. The molecule has 33 heavy (non-hydrogen) atoms. The van der Waals surface area contributed by atoms with Crippen LogP contribution in [-0.4, -0.2) is 68.0 Å². The molecule has 9 heteroatoms. The van der Waals surface area contributed by atoms with Gasteiger partial charge in [0.2, 0.25) is 11.8 Å². The van der Waals surface area contributed by atoms with E-state index in [0.29, 0.717) is 13.0 Å². The number of hydrogen-bond donors (Lipinski definition) is 1. The molecule has 0 spiro atoms. The van der Waals surface area contributed by atoms with Gasteiger partial charge in [0.1, 0.15) is 12.4 Å². The highest BCUT2D eigenvalue weighted by molar-refractivity contribution is 6.07. The van der Waals surface area contributed by atoms with Crippen LogP contribution in [0.1, 0.15) is 17.2 Å². The van der Waals surface area contributed by atoms with Crippen LogP contribution < -0.4 is 10.2 Å². The van der Waals surface area contributed by atoms with Gasteiger partial charge >= 0.3 is 0 Å². The minimum atomic E-state index is -0.937. The summed E-state index contributed by atoms with van der Waals surface area (Å²) in [5, 5.41) is 4.26. The summed E-state index contributed by atoms with van der Waals surface area (Å²) < 4.78 is 13.0. The normalized spacial score (nSPS) is 22.5. The van der Waals surface area contributed by atoms with Crippen molar-refractivity contribution in [3.63, 3.8) is 0 Å². The fourth-order valence-electron chi connectivity index (χ4n) is 4.28. The van der Waals surface area contributed by atoms with E-state index in [1.807, 2.05) is 43.3 Å². The molecule has 0 aliphatic carbocycles. The fourth-order valence-corrected chi connectivity index (χ4v) is 4.28. The molecule has 2 heterocycles. The highest BCUT2D eigenvalue weighted by Gasteiger charge is 2.58. The van der Waals surface area contributed by atoms with Crippen LogP contribution in [0, 0.1) is 11.7 Å². The summed E-state index contributed by atoms with van der Waals surface area (Å²) in [5.74, 6) is -2.02. The smallest absolute Gasteiger partial charge is 0.261 e. The first-order chi connectivity index (χ1) is 15.8. The van der Waals surface area contributed by atoms with Gasteiger partial charge in [-0.1, -0.05) is 24.3 Å². The molecule has 2 saturated heterocycles. The molecule has 0 saturated carbocycles. The van der Waals surface area contributed by atoms with Gasteiger partial charge in [-0.25, -0.2) is 4.39 Å². The molecule has 174 valence electrons. The Morgan fingerprint density at radius 3 is 2.36 bits per heavy atom. The molecule has 3 unspecified atom stereocenters. The lowest BCUT2D eigenvalue weighted by molar-refractivity contribution is -0.181. The van der Waals surface area contributed by atoms with E-state index in [1.165, 1.54) is 24.2 Å². The number of carbonyl (C=O) groups is 3. The third kappa shape index (κ3) is 4.60. The Morgan fingerprint density at radius 2 is 1.73 bits per heavy atom. The fraction of sp³-hybridized carbons (Fsp3) is 0.375. The molecule has 2 aromatic rings. The van der Waals surface area contributed by atoms with Gasteiger partial charge in [0, 0.05) is 33.4 Å². The Labute approximate surface area is 191 Å². The Balaban J connectivity index is 1.47. The van der Waals surface area contributed by atoms with Crippen molar-refractivity contribution in [2.45, 2.75) is 18.6 Å². The van der Waals surface area contributed by atoms with E-state index < -0.39 is 24.0 Å². The molecule has 0 radical (unpaired) electrons. The first-order valence-corrected chi connectivity index (χ1v) is 10.8. The van der Waals surface area contributed by atoms with Crippen molar-refractivity contribution in [2.75, 3.05) is 39.1 Å².